The molecular formula is C16H20N2OS. The average molecular weight is 288 g/mol. The van der Waals surface area contributed by atoms with E-state index in [0.717, 1.165) is 16.6 Å². The van der Waals surface area contributed by atoms with Gasteiger partial charge in [0.15, 0.2) is 0 Å². The van der Waals surface area contributed by atoms with E-state index in [-0.39, 0.29) is 10.3 Å². The highest BCUT2D eigenvalue weighted by Crippen LogP contribution is 2.25. The van der Waals surface area contributed by atoms with Crippen molar-refractivity contribution in [2.45, 2.75) is 39.4 Å². The third-order valence-corrected chi connectivity index (χ3v) is 3.76. The summed E-state index contributed by atoms with van der Waals surface area (Å²) in [5.41, 5.74) is 3.35. The number of aromatic nitrogens is 1. The van der Waals surface area contributed by atoms with Crippen molar-refractivity contribution in [1.29, 1.82) is 0 Å². The Hall–Kier alpha value is -1.55. The average Bonchev–Trinajstić information content (AvgIpc) is 2.35. The fourth-order valence-electron chi connectivity index (χ4n) is 1.85. The van der Waals surface area contributed by atoms with Crippen LogP contribution in [-0.4, -0.2) is 15.4 Å². The lowest BCUT2D eigenvalue weighted by Gasteiger charge is -2.13. The van der Waals surface area contributed by atoms with E-state index < -0.39 is 0 Å². The molecule has 0 saturated heterocycles. The molecule has 0 bridgehead atoms. The second kappa shape index (κ2) is 5.44. The molecule has 0 saturated carbocycles. The van der Waals surface area contributed by atoms with E-state index in [1.807, 2.05) is 32.0 Å². The van der Waals surface area contributed by atoms with Gasteiger partial charge in [-0.15, -0.1) is 0 Å². The lowest BCUT2D eigenvalue weighted by molar-refractivity contribution is 0.804. The molecule has 1 N–H and O–H groups in total. The second-order valence-electron chi connectivity index (χ2n) is 5.98. The zero-order valence-corrected chi connectivity index (χ0v) is 13.4. The standard InChI is InChI=1S/C16H20N2OS/c1-10-6-7-14-12(8-10)9-13(15(19)17-14)11(2)18-20-16(3,4)5/h6-9H,1-5H3,(H,17,19). The number of aryl methyl sites for hydroxylation is 1. The van der Waals surface area contributed by atoms with E-state index in [2.05, 4.69) is 36.2 Å². The summed E-state index contributed by atoms with van der Waals surface area (Å²) in [4.78, 5) is 15.1. The third kappa shape index (κ3) is 3.51. The highest BCUT2D eigenvalue weighted by Gasteiger charge is 2.12. The third-order valence-electron chi connectivity index (χ3n) is 2.85. The molecule has 1 heterocycles. The van der Waals surface area contributed by atoms with Gasteiger partial charge in [0.1, 0.15) is 0 Å². The summed E-state index contributed by atoms with van der Waals surface area (Å²) in [6, 6.07) is 7.92. The molecule has 0 amide bonds. The Kier molecular flexibility index (Phi) is 4.04. The predicted octanol–water partition coefficient (Wildman–Crippen LogP) is 4.09. The Morgan fingerprint density at radius 3 is 2.60 bits per heavy atom. The molecule has 0 atom stereocenters. The van der Waals surface area contributed by atoms with Crippen molar-refractivity contribution in [3.8, 4) is 0 Å². The van der Waals surface area contributed by atoms with Crippen LogP contribution in [0.2, 0.25) is 0 Å². The van der Waals surface area contributed by atoms with Gasteiger partial charge in [0.25, 0.3) is 5.56 Å². The monoisotopic (exact) mass is 288 g/mol. The van der Waals surface area contributed by atoms with Gasteiger partial charge in [0.05, 0.1) is 11.3 Å². The van der Waals surface area contributed by atoms with E-state index in [1.54, 1.807) is 0 Å². The molecule has 3 nitrogen and oxygen atoms in total. The summed E-state index contributed by atoms with van der Waals surface area (Å²) in [6.45, 7) is 10.2. The van der Waals surface area contributed by atoms with Crippen LogP contribution in [0.3, 0.4) is 0 Å². The predicted molar refractivity (Wildman–Crippen MR) is 88.9 cm³/mol. The Morgan fingerprint density at radius 1 is 1.25 bits per heavy atom. The summed E-state index contributed by atoms with van der Waals surface area (Å²) in [7, 11) is 0. The van der Waals surface area contributed by atoms with Crippen molar-refractivity contribution in [2.24, 2.45) is 4.40 Å². The topological polar surface area (TPSA) is 45.2 Å². The van der Waals surface area contributed by atoms with Gasteiger partial charge in [0.2, 0.25) is 0 Å². The number of hydrogen-bond acceptors (Lipinski definition) is 3. The second-order valence-corrected chi connectivity index (χ2v) is 7.57. The highest BCUT2D eigenvalue weighted by atomic mass is 32.2. The van der Waals surface area contributed by atoms with Crippen LogP contribution in [0.5, 0.6) is 0 Å². The van der Waals surface area contributed by atoms with Crippen LogP contribution in [0, 0.1) is 6.92 Å². The quantitative estimate of drug-likeness (QED) is 0.668. The van der Waals surface area contributed by atoms with Crippen molar-refractivity contribution in [1.82, 2.24) is 4.98 Å². The number of nitrogens with one attached hydrogen (secondary N) is 1. The minimum atomic E-state index is -0.0860. The van der Waals surface area contributed by atoms with Gasteiger partial charge in [-0.05, 0) is 70.2 Å². The first-order valence-electron chi connectivity index (χ1n) is 6.63. The van der Waals surface area contributed by atoms with Gasteiger partial charge in [-0.1, -0.05) is 11.6 Å². The van der Waals surface area contributed by atoms with E-state index in [1.165, 1.54) is 17.5 Å². The maximum Gasteiger partial charge on any atom is 0.257 e. The number of fused-ring (bicyclic) bond motifs is 1. The molecule has 20 heavy (non-hydrogen) atoms. The number of rotatable bonds is 2. The number of nitrogens with zero attached hydrogens (tertiary/aromatic N) is 1. The summed E-state index contributed by atoms with van der Waals surface area (Å²) in [5, 5.41) is 1.04. The molecule has 0 spiro atoms. The van der Waals surface area contributed by atoms with Gasteiger partial charge in [-0.3, -0.25) is 4.79 Å². The number of aromatic amines is 1. The number of benzene rings is 1. The first-order chi connectivity index (χ1) is 9.26. The van der Waals surface area contributed by atoms with Gasteiger partial charge in [-0.2, -0.15) is 0 Å². The minimum absolute atomic E-state index is 0.0431. The molecule has 1 aromatic heterocycles. The molecule has 2 aromatic rings. The number of H-pyrrole nitrogens is 1. The van der Waals surface area contributed by atoms with Crippen LogP contribution in [0.25, 0.3) is 10.9 Å². The van der Waals surface area contributed by atoms with Gasteiger partial charge in [0, 0.05) is 10.3 Å². The first-order valence-corrected chi connectivity index (χ1v) is 7.40. The summed E-state index contributed by atoms with van der Waals surface area (Å²) >= 11 is 1.49. The normalized spacial score (nSPS) is 12.9. The molecular weight excluding hydrogens is 268 g/mol. The Balaban J connectivity index is 2.49. The van der Waals surface area contributed by atoms with Gasteiger partial charge in [-0.25, -0.2) is 4.40 Å². The Bertz CT molecular complexity index is 723. The lowest BCUT2D eigenvalue weighted by Crippen LogP contribution is -2.16. The van der Waals surface area contributed by atoms with Crippen LogP contribution >= 0.6 is 11.9 Å². The zero-order chi connectivity index (χ0) is 14.9. The smallest absolute Gasteiger partial charge is 0.257 e. The number of pyridine rings is 1. The van der Waals surface area contributed by atoms with Gasteiger partial charge >= 0.3 is 0 Å². The van der Waals surface area contributed by atoms with Crippen LogP contribution in [-0.2, 0) is 0 Å². The summed E-state index contributed by atoms with van der Waals surface area (Å²) < 4.78 is 4.51. The fraction of sp³-hybridized carbons (Fsp3) is 0.375. The molecule has 4 heteroatoms. The molecule has 0 fully saturated rings. The molecule has 1 aromatic carbocycles. The number of hydrogen-bond donors (Lipinski definition) is 1. The van der Waals surface area contributed by atoms with Crippen molar-refractivity contribution >= 4 is 28.6 Å². The molecule has 0 radical (unpaired) electrons. The molecule has 0 aliphatic carbocycles. The first kappa shape index (κ1) is 14.9. The molecule has 0 aliphatic rings. The molecule has 2 rings (SSSR count). The van der Waals surface area contributed by atoms with E-state index in [9.17, 15) is 4.79 Å². The van der Waals surface area contributed by atoms with Crippen molar-refractivity contribution in [2.75, 3.05) is 0 Å². The van der Waals surface area contributed by atoms with Gasteiger partial charge < -0.3 is 4.98 Å². The van der Waals surface area contributed by atoms with Crippen molar-refractivity contribution < 1.29 is 0 Å². The fourth-order valence-corrected chi connectivity index (χ4v) is 2.36. The van der Waals surface area contributed by atoms with E-state index >= 15 is 0 Å². The summed E-state index contributed by atoms with van der Waals surface area (Å²) in [6.07, 6.45) is 0. The maximum atomic E-state index is 12.1. The van der Waals surface area contributed by atoms with E-state index in [4.69, 9.17) is 0 Å². The Labute approximate surface area is 123 Å². The zero-order valence-electron chi connectivity index (χ0n) is 12.6. The molecule has 0 aliphatic heterocycles. The maximum absolute atomic E-state index is 12.1. The van der Waals surface area contributed by atoms with Crippen LogP contribution in [0.15, 0.2) is 33.5 Å². The van der Waals surface area contributed by atoms with Crippen LogP contribution < -0.4 is 5.56 Å². The lowest BCUT2D eigenvalue weighted by atomic mass is 10.1. The SMILES string of the molecule is CC(=NSC(C)(C)C)c1cc2cc(C)ccc2[nH]c1=O. The van der Waals surface area contributed by atoms with E-state index in [0.29, 0.717) is 5.56 Å². The molecule has 0 unspecified atom stereocenters. The minimum Gasteiger partial charge on any atom is -0.321 e. The summed E-state index contributed by atoms with van der Waals surface area (Å²) in [5.74, 6) is 0. The van der Waals surface area contributed by atoms with Crippen molar-refractivity contribution in [3.63, 3.8) is 0 Å². The molecule has 106 valence electrons. The Morgan fingerprint density at radius 2 is 1.95 bits per heavy atom. The largest absolute Gasteiger partial charge is 0.321 e. The van der Waals surface area contributed by atoms with Crippen molar-refractivity contribution in [3.05, 3.63) is 45.7 Å². The van der Waals surface area contributed by atoms with Crippen LogP contribution in [0.1, 0.15) is 38.8 Å². The highest BCUT2D eigenvalue weighted by molar-refractivity contribution is 7.99. The van der Waals surface area contributed by atoms with Crippen LogP contribution in [0.4, 0.5) is 0 Å².